The molecular weight excluding hydrogens is 428 g/mol. The maximum Gasteiger partial charge on any atom is 0.330 e. The van der Waals surface area contributed by atoms with Crippen LogP contribution in [0, 0.1) is 5.41 Å². The molecule has 0 spiro atoms. The third kappa shape index (κ3) is 20.2. The van der Waals surface area contributed by atoms with Crippen molar-refractivity contribution in [2.75, 3.05) is 26.4 Å². The molecule has 0 aromatic carbocycles. The summed E-state index contributed by atoms with van der Waals surface area (Å²) in [5.74, 6) is -0.463. The monoisotopic (exact) mass is 482 g/mol. The van der Waals surface area contributed by atoms with Crippen molar-refractivity contribution in [2.24, 2.45) is 5.41 Å². The molecule has 0 aliphatic heterocycles. The summed E-state index contributed by atoms with van der Waals surface area (Å²) in [7, 11) is 0. The summed E-state index contributed by atoms with van der Waals surface area (Å²) >= 11 is 0. The van der Waals surface area contributed by atoms with Gasteiger partial charge in [-0.25, -0.2) is 4.79 Å². The zero-order valence-corrected chi connectivity index (χ0v) is 22.0. The molecule has 0 aliphatic carbocycles. The molecule has 5 heteroatoms. The smallest absolute Gasteiger partial charge is 0.330 e. The average molecular weight is 483 g/mol. The number of aliphatic hydroxyl groups excluding tert-OH is 3. The van der Waals surface area contributed by atoms with E-state index in [-0.39, 0.29) is 32.8 Å². The van der Waals surface area contributed by atoms with Gasteiger partial charge in [0.15, 0.2) is 0 Å². The summed E-state index contributed by atoms with van der Waals surface area (Å²) in [6, 6.07) is 0. The first-order valence-corrected chi connectivity index (χ1v) is 14.0. The molecule has 0 saturated carbocycles. The van der Waals surface area contributed by atoms with Crippen LogP contribution in [0.25, 0.3) is 0 Å². The Balaban J connectivity index is 3.44. The van der Waals surface area contributed by atoms with Gasteiger partial charge in [-0.2, -0.15) is 0 Å². The van der Waals surface area contributed by atoms with E-state index in [0.29, 0.717) is 0 Å². The van der Waals surface area contributed by atoms with E-state index in [2.05, 4.69) is 13.0 Å². The van der Waals surface area contributed by atoms with Crippen molar-refractivity contribution >= 4 is 5.97 Å². The predicted molar refractivity (Wildman–Crippen MR) is 142 cm³/mol. The average Bonchev–Trinajstić information content (AvgIpc) is 2.85. The fourth-order valence-electron chi connectivity index (χ4n) is 3.92. The highest BCUT2D eigenvalue weighted by atomic mass is 16.5. The van der Waals surface area contributed by atoms with Gasteiger partial charge >= 0.3 is 5.97 Å². The molecule has 0 rings (SSSR count). The Morgan fingerprint density at radius 2 is 1.12 bits per heavy atom. The van der Waals surface area contributed by atoms with Crippen LogP contribution in [-0.2, 0) is 9.53 Å². The van der Waals surface area contributed by atoms with Gasteiger partial charge in [-0.05, 0) is 19.3 Å². The quantitative estimate of drug-likeness (QED) is 0.0587. The van der Waals surface area contributed by atoms with Crippen LogP contribution in [0.2, 0.25) is 0 Å². The number of carbonyl (C=O) groups excluding carboxylic acids is 1. The number of esters is 1. The molecule has 0 bridgehead atoms. The number of aliphatic hydroxyl groups is 3. The summed E-state index contributed by atoms with van der Waals surface area (Å²) in [6.45, 7) is 1.27. The Bertz CT molecular complexity index is 488. The van der Waals surface area contributed by atoms with Crippen LogP contribution in [0.15, 0.2) is 24.3 Å². The molecule has 0 saturated heterocycles. The Morgan fingerprint density at radius 1 is 0.676 bits per heavy atom. The lowest BCUT2D eigenvalue weighted by Gasteiger charge is -2.26. The molecular formula is C29H54O5. The van der Waals surface area contributed by atoms with Crippen molar-refractivity contribution in [1.29, 1.82) is 0 Å². The van der Waals surface area contributed by atoms with Crippen LogP contribution < -0.4 is 0 Å². The van der Waals surface area contributed by atoms with Gasteiger partial charge in [0.2, 0.25) is 0 Å². The lowest BCUT2D eigenvalue weighted by Crippen LogP contribution is -2.35. The lowest BCUT2D eigenvalue weighted by atomic mass is 9.88. The van der Waals surface area contributed by atoms with Gasteiger partial charge in [-0.3, -0.25) is 0 Å². The van der Waals surface area contributed by atoms with E-state index in [1.807, 2.05) is 6.08 Å². The second-order valence-corrected chi connectivity index (χ2v) is 9.77. The van der Waals surface area contributed by atoms with Crippen LogP contribution >= 0.6 is 0 Å². The number of rotatable bonds is 25. The second kappa shape index (κ2) is 24.9. The topological polar surface area (TPSA) is 87.0 Å². The fraction of sp³-hybridized carbons (Fsp3) is 0.828. The first kappa shape index (κ1) is 32.8. The summed E-state index contributed by atoms with van der Waals surface area (Å²) in [5.41, 5.74) is -1.00. The van der Waals surface area contributed by atoms with Gasteiger partial charge < -0.3 is 20.1 Å². The molecule has 0 unspecified atom stereocenters. The Kier molecular flexibility index (Phi) is 24.1. The van der Waals surface area contributed by atoms with Gasteiger partial charge in [-0.1, -0.05) is 121 Å². The van der Waals surface area contributed by atoms with Crippen LogP contribution in [-0.4, -0.2) is 47.7 Å². The first-order chi connectivity index (χ1) is 16.6. The molecule has 3 N–H and O–H groups in total. The van der Waals surface area contributed by atoms with Crippen LogP contribution in [0.5, 0.6) is 0 Å². The van der Waals surface area contributed by atoms with E-state index in [4.69, 9.17) is 4.74 Å². The molecule has 0 heterocycles. The summed E-state index contributed by atoms with van der Waals surface area (Å²) < 4.78 is 5.05. The van der Waals surface area contributed by atoms with E-state index < -0.39 is 11.4 Å². The number of allylic oxidation sites excluding steroid dienone is 3. The van der Waals surface area contributed by atoms with E-state index in [1.165, 1.54) is 109 Å². The van der Waals surface area contributed by atoms with E-state index in [0.717, 1.165) is 6.42 Å². The van der Waals surface area contributed by atoms with E-state index in [1.54, 1.807) is 6.08 Å². The summed E-state index contributed by atoms with van der Waals surface area (Å²) in [4.78, 5) is 11.7. The number of ether oxygens (including phenoxy) is 1. The summed E-state index contributed by atoms with van der Waals surface area (Å²) in [6.07, 6.45) is 30.2. The van der Waals surface area contributed by atoms with Crippen LogP contribution in [0.4, 0.5) is 0 Å². The Morgan fingerprint density at radius 3 is 1.56 bits per heavy atom. The highest BCUT2D eigenvalue weighted by Crippen LogP contribution is 2.19. The molecule has 0 fully saturated rings. The SMILES string of the molecule is CCCCCCCCCCCCCCCCCCC=CC=CC(=O)OCCC(CO)(CO)CO. The minimum Gasteiger partial charge on any atom is -0.463 e. The maximum atomic E-state index is 11.7. The highest BCUT2D eigenvalue weighted by molar-refractivity contribution is 5.82. The molecule has 0 amide bonds. The van der Waals surface area contributed by atoms with Crippen molar-refractivity contribution in [3.63, 3.8) is 0 Å². The molecule has 0 aliphatic rings. The van der Waals surface area contributed by atoms with E-state index >= 15 is 0 Å². The van der Waals surface area contributed by atoms with Gasteiger partial charge in [-0.15, -0.1) is 0 Å². The van der Waals surface area contributed by atoms with Crippen molar-refractivity contribution in [1.82, 2.24) is 0 Å². The van der Waals surface area contributed by atoms with Crippen LogP contribution in [0.1, 0.15) is 122 Å². The zero-order chi connectivity index (χ0) is 25.2. The first-order valence-electron chi connectivity index (χ1n) is 14.0. The zero-order valence-electron chi connectivity index (χ0n) is 22.0. The number of hydrogen-bond acceptors (Lipinski definition) is 5. The molecule has 34 heavy (non-hydrogen) atoms. The second-order valence-electron chi connectivity index (χ2n) is 9.77. The van der Waals surface area contributed by atoms with Gasteiger partial charge in [0.05, 0.1) is 26.4 Å². The van der Waals surface area contributed by atoms with Crippen LogP contribution in [0.3, 0.4) is 0 Å². The number of unbranched alkanes of at least 4 members (excludes halogenated alkanes) is 16. The van der Waals surface area contributed by atoms with Gasteiger partial charge in [0.1, 0.15) is 0 Å². The molecule has 5 nitrogen and oxygen atoms in total. The fourth-order valence-corrected chi connectivity index (χ4v) is 3.92. The summed E-state index contributed by atoms with van der Waals surface area (Å²) in [5, 5.41) is 27.7. The normalized spacial score (nSPS) is 12.2. The third-order valence-corrected chi connectivity index (χ3v) is 6.59. The minimum absolute atomic E-state index is 0.0494. The largest absolute Gasteiger partial charge is 0.463 e. The minimum atomic E-state index is -1.00. The van der Waals surface area contributed by atoms with Gasteiger partial charge in [0, 0.05) is 11.5 Å². The molecule has 200 valence electrons. The van der Waals surface area contributed by atoms with Crippen molar-refractivity contribution in [2.45, 2.75) is 122 Å². The van der Waals surface area contributed by atoms with Crippen molar-refractivity contribution in [3.05, 3.63) is 24.3 Å². The van der Waals surface area contributed by atoms with Crippen molar-refractivity contribution in [3.8, 4) is 0 Å². The van der Waals surface area contributed by atoms with E-state index in [9.17, 15) is 20.1 Å². The maximum absolute atomic E-state index is 11.7. The third-order valence-electron chi connectivity index (χ3n) is 6.59. The molecule has 0 radical (unpaired) electrons. The highest BCUT2D eigenvalue weighted by Gasteiger charge is 2.28. The Labute approximate surface area is 209 Å². The standard InChI is InChI=1S/C29H54O5/c1-2-3-4-5-6-7-8-9-10-11-12-13-14-15-16-17-18-19-20-21-22-28(33)34-24-23-29(25-30,26-31)27-32/h19-22,30-32H,2-18,23-27H2,1H3. The number of hydrogen-bond donors (Lipinski definition) is 3. The lowest BCUT2D eigenvalue weighted by molar-refractivity contribution is -0.139. The molecule has 0 aromatic heterocycles. The molecule has 0 aromatic rings. The Hall–Kier alpha value is -1.17. The number of carbonyl (C=O) groups is 1. The van der Waals surface area contributed by atoms with Gasteiger partial charge in [0.25, 0.3) is 0 Å². The molecule has 0 atom stereocenters. The predicted octanol–water partition coefficient (Wildman–Crippen LogP) is 6.65. The van der Waals surface area contributed by atoms with Crippen molar-refractivity contribution < 1.29 is 24.9 Å².